The molecule has 2 amide bonds. The number of carbonyl (C=O) groups is 2. The topological polar surface area (TPSA) is 65.0 Å². The van der Waals surface area contributed by atoms with Gasteiger partial charge in [-0.2, -0.15) is 5.10 Å². The Bertz CT molecular complexity index is 1150. The molecule has 1 heterocycles. The van der Waals surface area contributed by atoms with Crippen molar-refractivity contribution >= 4 is 23.7 Å². The van der Waals surface area contributed by atoms with Gasteiger partial charge in [0.1, 0.15) is 18.6 Å². The first kappa shape index (κ1) is 23.5. The lowest BCUT2D eigenvalue weighted by atomic mass is 10.0. The summed E-state index contributed by atoms with van der Waals surface area (Å²) in [6.45, 7) is 4.09. The number of carbonyl (C=O) groups excluding carboxylic acids is 2. The molecule has 0 spiro atoms. The van der Waals surface area contributed by atoms with Crippen LogP contribution in [0.1, 0.15) is 55.0 Å². The quantitative estimate of drug-likeness (QED) is 0.626. The molecule has 2 aromatic carbocycles. The van der Waals surface area contributed by atoms with Gasteiger partial charge in [-0.15, -0.1) is 0 Å². The maximum atomic E-state index is 13.3. The maximum Gasteiger partial charge on any atom is 0.291 e. The molecular weight excluding hydrogens is 424 g/mol. The molecule has 34 heavy (non-hydrogen) atoms. The van der Waals surface area contributed by atoms with Crippen molar-refractivity contribution in [2.45, 2.75) is 45.6 Å². The van der Waals surface area contributed by atoms with Gasteiger partial charge in [-0.3, -0.25) is 9.59 Å². The first-order chi connectivity index (χ1) is 16.5. The fraction of sp³-hybridized carbons (Fsp3) is 0.321. The molecule has 0 bridgehead atoms. The highest BCUT2D eigenvalue weighted by atomic mass is 16.2. The Morgan fingerprint density at radius 2 is 1.91 bits per heavy atom. The molecule has 1 N–H and O–H groups in total. The highest BCUT2D eigenvalue weighted by Crippen LogP contribution is 2.30. The molecule has 1 unspecified atom stereocenters. The molecule has 1 aliphatic heterocycles. The summed E-state index contributed by atoms with van der Waals surface area (Å²) in [4.78, 5) is 27.8. The predicted molar refractivity (Wildman–Crippen MR) is 136 cm³/mol. The summed E-state index contributed by atoms with van der Waals surface area (Å²) in [7, 11) is 1.80. The summed E-state index contributed by atoms with van der Waals surface area (Å²) in [5.41, 5.74) is 6.21. The Morgan fingerprint density at radius 3 is 2.65 bits per heavy atom. The Morgan fingerprint density at radius 1 is 1.15 bits per heavy atom. The number of likely N-dealkylation sites (N-methyl/N-ethyl adjacent to an activating group) is 1. The zero-order valence-corrected chi connectivity index (χ0v) is 20.1. The molecule has 2 aliphatic rings. The molecule has 0 saturated carbocycles. The highest BCUT2D eigenvalue weighted by molar-refractivity contribution is 6.01. The Kier molecular flexibility index (Phi) is 7.26. The monoisotopic (exact) mass is 456 g/mol. The molecule has 0 radical (unpaired) electrons. The first-order valence-electron chi connectivity index (χ1n) is 12.0. The summed E-state index contributed by atoms with van der Waals surface area (Å²) in [5, 5.41) is 8.53. The number of amides is 2. The van der Waals surface area contributed by atoms with Crippen molar-refractivity contribution in [2.24, 2.45) is 5.10 Å². The van der Waals surface area contributed by atoms with Crippen LogP contribution in [-0.2, 0) is 22.4 Å². The van der Waals surface area contributed by atoms with Crippen LogP contribution < -0.4 is 5.32 Å². The van der Waals surface area contributed by atoms with E-state index in [9.17, 15) is 9.59 Å². The van der Waals surface area contributed by atoms with E-state index in [2.05, 4.69) is 66.7 Å². The smallest absolute Gasteiger partial charge is 0.291 e. The van der Waals surface area contributed by atoms with Crippen molar-refractivity contribution in [3.63, 3.8) is 0 Å². The van der Waals surface area contributed by atoms with Crippen molar-refractivity contribution in [1.29, 1.82) is 0 Å². The van der Waals surface area contributed by atoms with Crippen molar-refractivity contribution in [3.8, 4) is 0 Å². The van der Waals surface area contributed by atoms with E-state index in [-0.39, 0.29) is 24.4 Å². The van der Waals surface area contributed by atoms with Gasteiger partial charge in [-0.1, -0.05) is 68.5 Å². The summed E-state index contributed by atoms with van der Waals surface area (Å²) in [5.74, 6) is -0.505. The number of fused-ring (bicyclic) bond motifs is 1. The minimum Gasteiger partial charge on any atom is -0.348 e. The van der Waals surface area contributed by atoms with Crippen LogP contribution in [0.15, 0.2) is 71.5 Å². The van der Waals surface area contributed by atoms with E-state index in [0.717, 1.165) is 42.4 Å². The second kappa shape index (κ2) is 10.5. The number of hydrazone groups is 1. The lowest BCUT2D eigenvalue weighted by molar-refractivity contribution is -0.134. The number of hydrogen-bond acceptors (Lipinski definition) is 4. The third kappa shape index (κ3) is 5.11. The minimum absolute atomic E-state index is 0.0181. The van der Waals surface area contributed by atoms with E-state index in [1.54, 1.807) is 18.3 Å². The number of allylic oxidation sites excluding steroid dienone is 3. The normalized spacial score (nSPS) is 19.0. The third-order valence-electron chi connectivity index (χ3n) is 6.37. The Labute approximate surface area is 201 Å². The number of nitrogens with one attached hydrogen (secondary N) is 1. The van der Waals surface area contributed by atoms with Crippen LogP contribution in [0, 0.1) is 0 Å². The fourth-order valence-corrected chi connectivity index (χ4v) is 4.46. The molecule has 0 fully saturated rings. The summed E-state index contributed by atoms with van der Waals surface area (Å²) in [6.07, 6.45) is 9.22. The molecule has 0 saturated heterocycles. The first-order valence-corrected chi connectivity index (χ1v) is 12.0. The molecular formula is C28H32N4O2. The van der Waals surface area contributed by atoms with Crippen LogP contribution in [-0.4, -0.2) is 41.7 Å². The van der Waals surface area contributed by atoms with Crippen molar-refractivity contribution in [1.82, 2.24) is 15.2 Å². The highest BCUT2D eigenvalue weighted by Gasteiger charge is 2.29. The molecule has 6 heteroatoms. The lowest BCUT2D eigenvalue weighted by Gasteiger charge is -2.28. The zero-order valence-electron chi connectivity index (χ0n) is 20.1. The molecule has 1 atom stereocenters. The standard InChI is InChI=1S/C28H32N4O2/c1-4-8-23(21-13-11-20(5-2)12-14-21)17-26-28(34)32(29-19-31(26)3)18-27(33)30-25-16-15-22-9-6-7-10-24(22)25/h6-14,17,19,25H,4-5,15-16,18H2,1-3H3,(H,30,33)/b23-8-,26-17-. The SMILES string of the molecule is CC/C=C(/C=C1/C(=O)N(CC(=O)NC2CCc3ccccc32)N=CN1C)c1ccc(CC)cc1. The average Bonchev–Trinajstić information content (AvgIpc) is 3.25. The molecule has 4 rings (SSSR count). The average molecular weight is 457 g/mol. The fourth-order valence-electron chi connectivity index (χ4n) is 4.46. The zero-order chi connectivity index (χ0) is 24.1. The Hall–Kier alpha value is -3.67. The van der Waals surface area contributed by atoms with Gasteiger partial charge in [-0.25, -0.2) is 5.01 Å². The summed E-state index contributed by atoms with van der Waals surface area (Å²) < 4.78 is 0. The van der Waals surface area contributed by atoms with Gasteiger partial charge < -0.3 is 10.2 Å². The summed E-state index contributed by atoms with van der Waals surface area (Å²) >= 11 is 0. The van der Waals surface area contributed by atoms with E-state index in [1.165, 1.54) is 16.1 Å². The molecule has 2 aromatic rings. The molecule has 6 nitrogen and oxygen atoms in total. The van der Waals surface area contributed by atoms with E-state index in [1.807, 2.05) is 18.2 Å². The minimum atomic E-state index is -0.292. The van der Waals surface area contributed by atoms with E-state index >= 15 is 0 Å². The number of aryl methyl sites for hydroxylation is 2. The third-order valence-corrected chi connectivity index (χ3v) is 6.37. The predicted octanol–water partition coefficient (Wildman–Crippen LogP) is 4.45. The van der Waals surface area contributed by atoms with Crippen molar-refractivity contribution in [2.75, 3.05) is 13.6 Å². The van der Waals surface area contributed by atoms with E-state index in [4.69, 9.17) is 0 Å². The number of benzene rings is 2. The number of nitrogens with zero attached hydrogens (tertiary/aromatic N) is 3. The van der Waals surface area contributed by atoms with Crippen LogP contribution in [0.3, 0.4) is 0 Å². The van der Waals surface area contributed by atoms with Gasteiger partial charge in [0.05, 0.1) is 6.04 Å². The largest absolute Gasteiger partial charge is 0.348 e. The Balaban J connectivity index is 1.49. The maximum absolute atomic E-state index is 13.3. The van der Waals surface area contributed by atoms with Crippen molar-refractivity contribution < 1.29 is 9.59 Å². The van der Waals surface area contributed by atoms with Crippen LogP contribution in [0.4, 0.5) is 0 Å². The lowest BCUT2D eigenvalue weighted by Crippen LogP contribution is -2.44. The van der Waals surface area contributed by atoms with Crippen LogP contribution >= 0.6 is 0 Å². The van der Waals surface area contributed by atoms with Gasteiger partial charge in [0.25, 0.3) is 5.91 Å². The van der Waals surface area contributed by atoms with E-state index < -0.39 is 0 Å². The van der Waals surface area contributed by atoms with Gasteiger partial charge in [0.15, 0.2) is 0 Å². The molecule has 0 aromatic heterocycles. The second-order valence-electron chi connectivity index (χ2n) is 8.71. The van der Waals surface area contributed by atoms with Crippen LogP contribution in [0.25, 0.3) is 5.57 Å². The summed E-state index contributed by atoms with van der Waals surface area (Å²) in [6, 6.07) is 16.6. The van der Waals surface area contributed by atoms with Crippen LogP contribution in [0.2, 0.25) is 0 Å². The van der Waals surface area contributed by atoms with Crippen molar-refractivity contribution in [3.05, 3.63) is 88.6 Å². The second-order valence-corrected chi connectivity index (χ2v) is 8.71. The van der Waals surface area contributed by atoms with Gasteiger partial charge >= 0.3 is 0 Å². The molecule has 176 valence electrons. The van der Waals surface area contributed by atoms with Gasteiger partial charge in [0, 0.05) is 7.05 Å². The van der Waals surface area contributed by atoms with Gasteiger partial charge in [0.2, 0.25) is 5.91 Å². The molecule has 1 aliphatic carbocycles. The van der Waals surface area contributed by atoms with E-state index in [0.29, 0.717) is 5.70 Å². The van der Waals surface area contributed by atoms with Gasteiger partial charge in [-0.05, 0) is 59.6 Å². The number of hydrogen-bond donors (Lipinski definition) is 1. The number of rotatable bonds is 7. The van der Waals surface area contributed by atoms with Crippen LogP contribution in [0.5, 0.6) is 0 Å².